The van der Waals surface area contributed by atoms with Crippen LogP contribution in [0.2, 0.25) is 0 Å². The van der Waals surface area contributed by atoms with E-state index in [9.17, 15) is 4.79 Å². The molecule has 0 bridgehead atoms. The summed E-state index contributed by atoms with van der Waals surface area (Å²) in [6.07, 6.45) is 4.80. The van der Waals surface area contributed by atoms with Gasteiger partial charge in [-0.25, -0.2) is 4.68 Å². The van der Waals surface area contributed by atoms with Gasteiger partial charge < -0.3 is 11.1 Å². The molecular formula is C12H12N6O. The lowest BCUT2D eigenvalue weighted by molar-refractivity contribution is -0.115. The molecule has 0 saturated carbocycles. The molecular weight excluding hydrogens is 244 g/mol. The number of hydrogen-bond acceptors (Lipinski definition) is 5. The molecule has 96 valence electrons. The van der Waals surface area contributed by atoms with E-state index in [1.807, 2.05) is 12.1 Å². The molecule has 7 nitrogen and oxygen atoms in total. The van der Waals surface area contributed by atoms with Gasteiger partial charge in [-0.3, -0.25) is 9.78 Å². The van der Waals surface area contributed by atoms with Crippen LogP contribution in [0.1, 0.15) is 18.5 Å². The summed E-state index contributed by atoms with van der Waals surface area (Å²) in [5, 5.41) is 7.17. The molecule has 7 heteroatoms. The van der Waals surface area contributed by atoms with Crippen molar-refractivity contribution in [1.82, 2.24) is 19.7 Å². The summed E-state index contributed by atoms with van der Waals surface area (Å²) in [5.41, 5.74) is 7.48. The van der Waals surface area contributed by atoms with Gasteiger partial charge in [0, 0.05) is 18.1 Å². The molecule has 1 unspecified atom stereocenters. The van der Waals surface area contributed by atoms with Crippen molar-refractivity contribution >= 4 is 11.9 Å². The maximum absolute atomic E-state index is 11.7. The molecule has 0 radical (unpaired) electrons. The number of allylic oxidation sites excluding steroid dienone is 1. The smallest absolute Gasteiger partial charge is 0.248 e. The van der Waals surface area contributed by atoms with Crippen molar-refractivity contribution in [2.75, 3.05) is 5.32 Å². The quantitative estimate of drug-likeness (QED) is 0.812. The number of carbonyl (C=O) groups excluding carboxylic acids is 1. The molecule has 1 amide bonds. The average molecular weight is 256 g/mol. The van der Waals surface area contributed by atoms with Crippen LogP contribution in [0.3, 0.4) is 0 Å². The van der Waals surface area contributed by atoms with Crippen molar-refractivity contribution in [3.05, 3.63) is 47.7 Å². The second kappa shape index (κ2) is 4.20. The highest BCUT2D eigenvalue weighted by Crippen LogP contribution is 2.33. The first-order chi connectivity index (χ1) is 9.18. The number of fused-ring (bicyclic) bond motifs is 1. The number of nitrogens with two attached hydrogens (primary N) is 1. The minimum Gasteiger partial charge on any atom is -0.366 e. The molecule has 1 atom stereocenters. The summed E-state index contributed by atoms with van der Waals surface area (Å²) in [5.74, 6) is 0.0938. The van der Waals surface area contributed by atoms with Crippen molar-refractivity contribution in [3.63, 3.8) is 0 Å². The van der Waals surface area contributed by atoms with E-state index in [-0.39, 0.29) is 0 Å². The molecule has 19 heavy (non-hydrogen) atoms. The summed E-state index contributed by atoms with van der Waals surface area (Å²) in [6.45, 7) is 1.79. The predicted molar refractivity (Wildman–Crippen MR) is 67.9 cm³/mol. The van der Waals surface area contributed by atoms with Crippen LogP contribution in [0.15, 0.2) is 42.1 Å². The molecule has 2 aromatic heterocycles. The normalized spacial score (nSPS) is 17.8. The molecule has 0 aliphatic carbocycles. The van der Waals surface area contributed by atoms with Crippen molar-refractivity contribution in [1.29, 1.82) is 0 Å². The first-order valence-corrected chi connectivity index (χ1v) is 5.75. The number of nitrogens with zero attached hydrogens (tertiary/aromatic N) is 4. The van der Waals surface area contributed by atoms with Crippen LogP contribution in [0.25, 0.3) is 0 Å². The number of amides is 1. The summed E-state index contributed by atoms with van der Waals surface area (Å²) in [4.78, 5) is 19.9. The molecule has 0 fully saturated rings. The van der Waals surface area contributed by atoms with Crippen molar-refractivity contribution in [2.24, 2.45) is 5.73 Å². The van der Waals surface area contributed by atoms with Crippen LogP contribution in [0.4, 0.5) is 5.95 Å². The van der Waals surface area contributed by atoms with E-state index in [0.717, 1.165) is 5.56 Å². The minimum atomic E-state index is -0.486. The zero-order chi connectivity index (χ0) is 13.4. The fourth-order valence-corrected chi connectivity index (χ4v) is 2.26. The fraction of sp³-hybridized carbons (Fsp3) is 0.167. The standard InChI is InChI=1S/C12H12N6O/c1-7-9(11(13)19)10(8-3-2-4-14-5-8)18-12(17-7)15-6-16-18/h2-6,10H,1H3,(H2,13,19)(H,15,16,17). The van der Waals surface area contributed by atoms with E-state index in [0.29, 0.717) is 17.2 Å². The van der Waals surface area contributed by atoms with E-state index in [1.165, 1.54) is 6.33 Å². The third kappa shape index (κ3) is 1.75. The Morgan fingerprint density at radius 1 is 1.53 bits per heavy atom. The lowest BCUT2D eigenvalue weighted by Gasteiger charge is -2.27. The van der Waals surface area contributed by atoms with Crippen LogP contribution >= 0.6 is 0 Å². The number of pyridine rings is 1. The summed E-state index contributed by atoms with van der Waals surface area (Å²) in [7, 11) is 0. The van der Waals surface area contributed by atoms with Crippen molar-refractivity contribution in [3.8, 4) is 0 Å². The molecule has 0 aromatic carbocycles. The summed E-state index contributed by atoms with van der Waals surface area (Å²) < 4.78 is 1.63. The fourth-order valence-electron chi connectivity index (χ4n) is 2.26. The number of nitrogens with one attached hydrogen (secondary N) is 1. The number of anilines is 1. The number of primary amides is 1. The van der Waals surface area contributed by atoms with Crippen LogP contribution < -0.4 is 11.1 Å². The average Bonchev–Trinajstić information content (AvgIpc) is 2.85. The Labute approximate surface area is 109 Å². The van der Waals surface area contributed by atoms with Gasteiger partial charge in [-0.2, -0.15) is 10.1 Å². The van der Waals surface area contributed by atoms with E-state index in [4.69, 9.17) is 5.73 Å². The topological polar surface area (TPSA) is 98.7 Å². The Morgan fingerprint density at radius 2 is 2.37 bits per heavy atom. The predicted octanol–water partition coefficient (Wildman–Crippen LogP) is 0.447. The van der Waals surface area contributed by atoms with E-state index in [2.05, 4.69) is 20.4 Å². The highest BCUT2D eigenvalue weighted by atomic mass is 16.1. The monoisotopic (exact) mass is 256 g/mol. The van der Waals surface area contributed by atoms with Gasteiger partial charge in [0.25, 0.3) is 0 Å². The second-order valence-corrected chi connectivity index (χ2v) is 4.25. The van der Waals surface area contributed by atoms with Crippen molar-refractivity contribution < 1.29 is 4.79 Å². The molecule has 1 aliphatic rings. The maximum atomic E-state index is 11.7. The highest BCUT2D eigenvalue weighted by molar-refractivity contribution is 5.95. The molecule has 2 aromatic rings. The Kier molecular flexibility index (Phi) is 2.52. The SMILES string of the molecule is CC1=C(C(N)=O)C(c2cccnc2)n2ncnc2N1. The summed E-state index contributed by atoms with van der Waals surface area (Å²) >= 11 is 0. The molecule has 0 saturated heterocycles. The lowest BCUT2D eigenvalue weighted by atomic mass is 9.97. The zero-order valence-electron chi connectivity index (χ0n) is 10.2. The molecule has 3 rings (SSSR count). The first-order valence-electron chi connectivity index (χ1n) is 5.75. The van der Waals surface area contributed by atoms with E-state index >= 15 is 0 Å². The Hall–Kier alpha value is -2.70. The van der Waals surface area contributed by atoms with Crippen LogP contribution in [0, 0.1) is 0 Å². The van der Waals surface area contributed by atoms with Crippen LogP contribution in [-0.4, -0.2) is 25.7 Å². The number of rotatable bonds is 2. The maximum Gasteiger partial charge on any atom is 0.248 e. The number of hydrogen-bond donors (Lipinski definition) is 2. The Morgan fingerprint density at radius 3 is 3.05 bits per heavy atom. The Balaban J connectivity index is 2.21. The van der Waals surface area contributed by atoms with Gasteiger partial charge in [-0.15, -0.1) is 0 Å². The van der Waals surface area contributed by atoms with Crippen LogP contribution in [0.5, 0.6) is 0 Å². The minimum absolute atomic E-state index is 0.398. The third-order valence-corrected chi connectivity index (χ3v) is 3.06. The Bertz CT molecular complexity index is 660. The third-order valence-electron chi connectivity index (χ3n) is 3.06. The van der Waals surface area contributed by atoms with Gasteiger partial charge in [0.15, 0.2) is 0 Å². The van der Waals surface area contributed by atoms with Gasteiger partial charge in [0.05, 0.1) is 5.57 Å². The van der Waals surface area contributed by atoms with Crippen molar-refractivity contribution in [2.45, 2.75) is 13.0 Å². The van der Waals surface area contributed by atoms with Gasteiger partial charge >= 0.3 is 0 Å². The zero-order valence-corrected chi connectivity index (χ0v) is 10.2. The van der Waals surface area contributed by atoms with Gasteiger partial charge in [-0.1, -0.05) is 6.07 Å². The molecule has 0 spiro atoms. The van der Waals surface area contributed by atoms with E-state index in [1.54, 1.807) is 24.0 Å². The number of carbonyl (C=O) groups is 1. The number of aromatic nitrogens is 4. The van der Waals surface area contributed by atoms with Gasteiger partial charge in [-0.05, 0) is 18.6 Å². The van der Waals surface area contributed by atoms with Gasteiger partial charge in [0.2, 0.25) is 11.9 Å². The second-order valence-electron chi connectivity index (χ2n) is 4.25. The lowest BCUT2D eigenvalue weighted by Crippen LogP contribution is -2.31. The largest absolute Gasteiger partial charge is 0.366 e. The molecule has 3 heterocycles. The molecule has 3 N–H and O–H groups in total. The molecule has 1 aliphatic heterocycles. The summed E-state index contributed by atoms with van der Waals surface area (Å²) in [6, 6.07) is 3.29. The highest BCUT2D eigenvalue weighted by Gasteiger charge is 2.32. The van der Waals surface area contributed by atoms with Crippen LogP contribution in [-0.2, 0) is 4.79 Å². The van der Waals surface area contributed by atoms with Gasteiger partial charge in [0.1, 0.15) is 12.4 Å². The van der Waals surface area contributed by atoms with E-state index < -0.39 is 11.9 Å². The first kappa shape index (κ1) is 11.4.